The maximum atomic E-state index is 14.2. The minimum Gasteiger partial charge on any atom is -0.493 e. The molecule has 0 aliphatic carbocycles. The van der Waals surface area contributed by atoms with Gasteiger partial charge in [-0.1, -0.05) is 0 Å². The lowest BCUT2D eigenvalue weighted by molar-refractivity contribution is 0.0256. The van der Waals surface area contributed by atoms with Crippen molar-refractivity contribution >= 4 is 9.84 Å². The van der Waals surface area contributed by atoms with Crippen LogP contribution >= 0.6 is 0 Å². The zero-order valence-electron chi connectivity index (χ0n) is 11.1. The quantitative estimate of drug-likeness (QED) is 0.904. The van der Waals surface area contributed by atoms with Gasteiger partial charge in [0.2, 0.25) is 0 Å². The van der Waals surface area contributed by atoms with E-state index in [2.05, 4.69) is 5.32 Å². The van der Waals surface area contributed by atoms with Crippen LogP contribution in [-0.2, 0) is 14.6 Å². The van der Waals surface area contributed by atoms with Crippen LogP contribution in [0.3, 0.4) is 0 Å². The van der Waals surface area contributed by atoms with Gasteiger partial charge in [0.1, 0.15) is 10.7 Å². The average molecular weight is 307 g/mol. The van der Waals surface area contributed by atoms with E-state index in [0.29, 0.717) is 19.7 Å². The summed E-state index contributed by atoms with van der Waals surface area (Å²) in [5.41, 5.74) is 0.155. The molecule has 1 N–H and O–H groups in total. The van der Waals surface area contributed by atoms with E-state index in [1.54, 1.807) is 0 Å². The van der Waals surface area contributed by atoms with Crippen LogP contribution in [0.2, 0.25) is 0 Å². The Bertz CT molecular complexity index is 612. The molecule has 0 amide bonds. The van der Waals surface area contributed by atoms with Gasteiger partial charge in [0.05, 0.1) is 19.8 Å². The number of benzene rings is 1. The molecular weight excluding hydrogens is 292 g/mol. The van der Waals surface area contributed by atoms with Gasteiger partial charge in [0, 0.05) is 24.9 Å². The van der Waals surface area contributed by atoms with E-state index in [0.717, 1.165) is 12.3 Å². The average Bonchev–Trinajstić information content (AvgIpc) is 2.37. The number of sulfone groups is 1. The number of hydrogen-bond donors (Lipinski definition) is 1. The number of ether oxygens (including phenoxy) is 2. The molecular formula is C12H15F2NO4S. The molecule has 2 rings (SSSR count). The molecule has 0 radical (unpaired) electrons. The highest BCUT2D eigenvalue weighted by Crippen LogP contribution is 2.36. The number of nitrogens with one attached hydrogen (secondary N) is 1. The minimum atomic E-state index is -4.03. The van der Waals surface area contributed by atoms with Gasteiger partial charge in [-0.15, -0.1) is 0 Å². The molecule has 1 aliphatic heterocycles. The van der Waals surface area contributed by atoms with Crippen LogP contribution in [0.25, 0.3) is 0 Å². The zero-order valence-corrected chi connectivity index (χ0v) is 11.9. The van der Waals surface area contributed by atoms with Gasteiger partial charge in [-0.3, -0.25) is 0 Å². The van der Waals surface area contributed by atoms with E-state index >= 15 is 0 Å². The fourth-order valence-corrected chi connectivity index (χ4v) is 2.99. The predicted molar refractivity (Wildman–Crippen MR) is 67.6 cm³/mol. The molecule has 1 atom stereocenters. The monoisotopic (exact) mass is 307 g/mol. The van der Waals surface area contributed by atoms with Crippen molar-refractivity contribution in [1.82, 2.24) is 5.32 Å². The third-order valence-corrected chi connectivity index (χ3v) is 4.13. The summed E-state index contributed by atoms with van der Waals surface area (Å²) in [5.74, 6) is -2.67. The van der Waals surface area contributed by atoms with Crippen molar-refractivity contribution in [2.45, 2.75) is 11.0 Å². The second-order valence-electron chi connectivity index (χ2n) is 4.46. The molecule has 0 bridgehead atoms. The van der Waals surface area contributed by atoms with E-state index in [4.69, 9.17) is 9.47 Å². The first-order chi connectivity index (χ1) is 9.36. The van der Waals surface area contributed by atoms with Gasteiger partial charge >= 0.3 is 0 Å². The van der Waals surface area contributed by atoms with Crippen LogP contribution in [-0.4, -0.2) is 41.5 Å². The van der Waals surface area contributed by atoms with E-state index < -0.39 is 32.5 Å². The molecule has 1 heterocycles. The van der Waals surface area contributed by atoms with Crippen molar-refractivity contribution in [2.75, 3.05) is 33.1 Å². The Morgan fingerprint density at radius 1 is 1.45 bits per heavy atom. The Kier molecular flexibility index (Phi) is 4.26. The highest BCUT2D eigenvalue weighted by Gasteiger charge is 2.30. The molecule has 5 nitrogen and oxygen atoms in total. The van der Waals surface area contributed by atoms with Crippen LogP contribution < -0.4 is 10.1 Å². The molecule has 0 spiro atoms. The lowest BCUT2D eigenvalue weighted by Crippen LogP contribution is -2.33. The lowest BCUT2D eigenvalue weighted by atomic mass is 10.1. The Morgan fingerprint density at radius 2 is 2.15 bits per heavy atom. The minimum absolute atomic E-state index is 0.155. The van der Waals surface area contributed by atoms with Crippen LogP contribution in [0.5, 0.6) is 5.75 Å². The smallest absolute Gasteiger partial charge is 0.187 e. The number of halogens is 2. The van der Waals surface area contributed by atoms with Gasteiger partial charge in [0.25, 0.3) is 0 Å². The normalized spacial score (nSPS) is 19.9. The highest BCUT2D eigenvalue weighted by atomic mass is 32.2. The van der Waals surface area contributed by atoms with E-state index in [-0.39, 0.29) is 11.3 Å². The summed E-state index contributed by atoms with van der Waals surface area (Å²) in [4.78, 5) is -0.984. The van der Waals surface area contributed by atoms with Crippen molar-refractivity contribution < 1.29 is 26.7 Å². The molecule has 20 heavy (non-hydrogen) atoms. The zero-order chi connectivity index (χ0) is 14.9. The Balaban J connectivity index is 2.60. The standard InChI is InChI=1S/C12H15F2NO4S/c1-18-11-7(9-6-15-3-4-19-9)5-8(13)12(10(11)14)20(2,16)17/h5,9,15H,3-4,6H2,1-2H3. The molecule has 8 heteroatoms. The molecule has 1 aromatic rings. The fourth-order valence-electron chi connectivity index (χ4n) is 2.15. The summed E-state index contributed by atoms with van der Waals surface area (Å²) in [7, 11) is -2.83. The van der Waals surface area contributed by atoms with E-state index in [1.807, 2.05) is 0 Å². The fraction of sp³-hybridized carbons (Fsp3) is 0.500. The molecule has 0 saturated carbocycles. The second kappa shape index (κ2) is 5.63. The molecule has 1 saturated heterocycles. The molecule has 1 unspecified atom stereocenters. The summed E-state index contributed by atoms with van der Waals surface area (Å²) < 4.78 is 61.4. The summed E-state index contributed by atoms with van der Waals surface area (Å²) in [6, 6.07) is 0.954. The third-order valence-electron chi connectivity index (χ3n) is 3.01. The number of rotatable bonds is 3. The first-order valence-electron chi connectivity index (χ1n) is 5.94. The maximum absolute atomic E-state index is 14.2. The van der Waals surface area contributed by atoms with Crippen LogP contribution in [0.15, 0.2) is 11.0 Å². The van der Waals surface area contributed by atoms with E-state index in [9.17, 15) is 17.2 Å². The topological polar surface area (TPSA) is 64.6 Å². The van der Waals surface area contributed by atoms with Crippen molar-refractivity contribution in [3.63, 3.8) is 0 Å². The van der Waals surface area contributed by atoms with Gasteiger partial charge < -0.3 is 14.8 Å². The second-order valence-corrected chi connectivity index (χ2v) is 6.41. The van der Waals surface area contributed by atoms with Gasteiger partial charge in [-0.25, -0.2) is 17.2 Å². The summed E-state index contributed by atoms with van der Waals surface area (Å²) in [6.07, 6.45) is 0.156. The van der Waals surface area contributed by atoms with Crippen molar-refractivity contribution in [3.05, 3.63) is 23.3 Å². The number of hydrogen-bond acceptors (Lipinski definition) is 5. The van der Waals surface area contributed by atoms with Gasteiger partial charge in [-0.05, 0) is 6.07 Å². The maximum Gasteiger partial charge on any atom is 0.187 e. The third kappa shape index (κ3) is 2.77. The molecule has 1 fully saturated rings. The molecule has 1 aliphatic rings. The van der Waals surface area contributed by atoms with Crippen LogP contribution in [0.4, 0.5) is 8.78 Å². The van der Waals surface area contributed by atoms with Gasteiger partial charge in [-0.2, -0.15) is 0 Å². The van der Waals surface area contributed by atoms with Gasteiger partial charge in [0.15, 0.2) is 21.4 Å². The number of methoxy groups -OCH3 is 1. The van der Waals surface area contributed by atoms with Crippen molar-refractivity contribution in [2.24, 2.45) is 0 Å². The largest absolute Gasteiger partial charge is 0.493 e. The summed E-state index contributed by atoms with van der Waals surface area (Å²) in [6.45, 7) is 1.41. The Hall–Kier alpha value is -1.25. The Morgan fingerprint density at radius 3 is 2.65 bits per heavy atom. The van der Waals surface area contributed by atoms with Crippen molar-refractivity contribution in [1.29, 1.82) is 0 Å². The molecule has 1 aromatic carbocycles. The predicted octanol–water partition coefficient (Wildman–Crippen LogP) is 1.04. The van der Waals surface area contributed by atoms with Crippen LogP contribution in [0, 0.1) is 11.6 Å². The highest BCUT2D eigenvalue weighted by molar-refractivity contribution is 7.90. The number of morpholine rings is 1. The molecule has 0 aromatic heterocycles. The first-order valence-corrected chi connectivity index (χ1v) is 7.83. The Labute approximate surface area is 115 Å². The van der Waals surface area contributed by atoms with Crippen molar-refractivity contribution in [3.8, 4) is 5.75 Å². The molecule has 112 valence electrons. The summed E-state index contributed by atoms with van der Waals surface area (Å²) >= 11 is 0. The summed E-state index contributed by atoms with van der Waals surface area (Å²) in [5, 5.41) is 3.02. The van der Waals surface area contributed by atoms with E-state index in [1.165, 1.54) is 7.11 Å². The lowest BCUT2D eigenvalue weighted by Gasteiger charge is -2.26. The SMILES string of the molecule is COc1c(C2CNCCO2)cc(F)c(S(C)(=O)=O)c1F. The van der Waals surface area contributed by atoms with Crippen LogP contribution in [0.1, 0.15) is 11.7 Å². The first kappa shape index (κ1) is 15.1.